The Morgan fingerprint density at radius 1 is 1.42 bits per heavy atom. The van der Waals surface area contributed by atoms with Crippen molar-refractivity contribution in [3.63, 3.8) is 0 Å². The number of hydrogen-bond acceptors (Lipinski definition) is 3. The van der Waals surface area contributed by atoms with Crippen LogP contribution in [0.15, 0.2) is 49.1 Å². The molecule has 0 saturated carbocycles. The zero-order valence-electron chi connectivity index (χ0n) is 11.6. The van der Waals surface area contributed by atoms with Gasteiger partial charge in [0.2, 0.25) is 0 Å². The van der Waals surface area contributed by atoms with Gasteiger partial charge in [0.05, 0.1) is 6.04 Å². The maximum atomic E-state index is 12.1. The molecule has 0 bridgehead atoms. The van der Waals surface area contributed by atoms with Crippen LogP contribution >= 0.6 is 0 Å². The number of hydrogen-bond donors (Lipinski definition) is 1. The molecule has 1 unspecified atom stereocenters. The summed E-state index contributed by atoms with van der Waals surface area (Å²) in [4.78, 5) is 12.1. The van der Waals surface area contributed by atoms with Crippen molar-refractivity contribution in [3.05, 3.63) is 54.6 Å². The normalized spacial score (nSPS) is 11.7. The van der Waals surface area contributed by atoms with Crippen LogP contribution in [-0.2, 0) is 0 Å². The average molecular weight is 259 g/mol. The van der Waals surface area contributed by atoms with E-state index in [0.717, 1.165) is 11.3 Å². The first-order valence-corrected chi connectivity index (χ1v) is 6.30. The molecule has 0 saturated heterocycles. The molecule has 0 aliphatic rings. The molecule has 0 heterocycles. The first-order chi connectivity index (χ1) is 9.04. The van der Waals surface area contributed by atoms with Crippen LogP contribution in [0.1, 0.15) is 24.2 Å². The minimum Gasteiger partial charge on any atom is -0.489 e. The minimum absolute atomic E-state index is 0.0632. The van der Waals surface area contributed by atoms with Gasteiger partial charge in [-0.3, -0.25) is 4.79 Å². The van der Waals surface area contributed by atoms with Crippen LogP contribution in [-0.4, -0.2) is 25.0 Å². The Morgan fingerprint density at radius 3 is 2.58 bits per heavy atom. The summed E-state index contributed by atoms with van der Waals surface area (Å²) in [5.74, 6) is 0.805. The molecule has 0 radical (unpaired) electrons. The highest BCUT2D eigenvalue weighted by molar-refractivity contribution is 5.99. The Balaban J connectivity index is 2.62. The SMILES string of the molecule is C=CCNC(C)C(=O)c1ccc(OCC(=C)C)cc1. The molecule has 0 aliphatic carbocycles. The number of carbonyl (C=O) groups excluding carboxylic acids is 1. The molecule has 102 valence electrons. The summed E-state index contributed by atoms with van der Waals surface area (Å²) in [5.41, 5.74) is 1.63. The number of rotatable bonds is 8. The Kier molecular flexibility index (Phi) is 6.03. The van der Waals surface area contributed by atoms with Gasteiger partial charge in [0.15, 0.2) is 5.78 Å². The van der Waals surface area contributed by atoms with Crippen molar-refractivity contribution in [2.45, 2.75) is 19.9 Å². The van der Waals surface area contributed by atoms with E-state index in [1.807, 2.05) is 13.8 Å². The van der Waals surface area contributed by atoms with Crippen molar-refractivity contribution in [1.82, 2.24) is 5.32 Å². The van der Waals surface area contributed by atoms with E-state index in [2.05, 4.69) is 18.5 Å². The molecule has 1 aromatic carbocycles. The molecule has 0 aliphatic heterocycles. The van der Waals surface area contributed by atoms with Gasteiger partial charge in [-0.05, 0) is 43.7 Å². The van der Waals surface area contributed by atoms with Crippen molar-refractivity contribution in [2.24, 2.45) is 0 Å². The van der Waals surface area contributed by atoms with Gasteiger partial charge >= 0.3 is 0 Å². The van der Waals surface area contributed by atoms with Gasteiger partial charge < -0.3 is 10.1 Å². The standard InChI is InChI=1S/C16H21NO2/c1-5-10-17-13(4)16(18)14-6-8-15(9-7-14)19-11-12(2)3/h5-9,13,17H,1-2,10-11H2,3-4H3. The summed E-state index contributed by atoms with van der Waals surface area (Å²) in [7, 11) is 0. The van der Waals surface area contributed by atoms with Crippen LogP contribution in [0.2, 0.25) is 0 Å². The predicted molar refractivity (Wildman–Crippen MR) is 78.7 cm³/mol. The molecule has 0 aromatic heterocycles. The summed E-state index contributed by atoms with van der Waals surface area (Å²) in [6.07, 6.45) is 1.73. The summed E-state index contributed by atoms with van der Waals surface area (Å²) in [6.45, 7) is 12.2. The van der Waals surface area contributed by atoms with Crippen LogP contribution < -0.4 is 10.1 Å². The lowest BCUT2D eigenvalue weighted by Gasteiger charge is -2.12. The van der Waals surface area contributed by atoms with Gasteiger partial charge in [-0.2, -0.15) is 0 Å². The number of benzene rings is 1. The molecular formula is C16H21NO2. The van der Waals surface area contributed by atoms with Gasteiger partial charge in [0, 0.05) is 12.1 Å². The van der Waals surface area contributed by atoms with Crippen molar-refractivity contribution < 1.29 is 9.53 Å². The van der Waals surface area contributed by atoms with E-state index in [0.29, 0.717) is 18.7 Å². The monoisotopic (exact) mass is 259 g/mol. The van der Waals surface area contributed by atoms with Crippen molar-refractivity contribution in [2.75, 3.05) is 13.2 Å². The zero-order valence-corrected chi connectivity index (χ0v) is 11.6. The Labute approximate surface area is 115 Å². The van der Waals surface area contributed by atoms with Gasteiger partial charge in [0.1, 0.15) is 12.4 Å². The van der Waals surface area contributed by atoms with Crippen molar-refractivity contribution in [3.8, 4) is 5.75 Å². The predicted octanol–water partition coefficient (Wildman–Crippen LogP) is 2.99. The summed E-state index contributed by atoms with van der Waals surface area (Å²) < 4.78 is 5.49. The van der Waals surface area contributed by atoms with E-state index in [-0.39, 0.29) is 11.8 Å². The fraction of sp³-hybridized carbons (Fsp3) is 0.312. The summed E-state index contributed by atoms with van der Waals surface area (Å²) in [5, 5.41) is 3.07. The van der Waals surface area contributed by atoms with E-state index in [9.17, 15) is 4.79 Å². The van der Waals surface area contributed by atoms with Gasteiger partial charge in [0.25, 0.3) is 0 Å². The lowest BCUT2D eigenvalue weighted by Crippen LogP contribution is -2.33. The molecule has 1 aromatic rings. The molecule has 0 amide bonds. The zero-order chi connectivity index (χ0) is 14.3. The molecule has 1 N–H and O–H groups in total. The van der Waals surface area contributed by atoms with E-state index >= 15 is 0 Å². The first kappa shape index (κ1) is 15.2. The van der Waals surface area contributed by atoms with E-state index in [1.54, 1.807) is 30.3 Å². The van der Waals surface area contributed by atoms with E-state index in [4.69, 9.17) is 4.74 Å². The van der Waals surface area contributed by atoms with E-state index < -0.39 is 0 Å². The highest BCUT2D eigenvalue weighted by atomic mass is 16.5. The molecule has 19 heavy (non-hydrogen) atoms. The minimum atomic E-state index is -0.222. The molecule has 1 atom stereocenters. The lowest BCUT2D eigenvalue weighted by atomic mass is 10.1. The number of ether oxygens (including phenoxy) is 1. The smallest absolute Gasteiger partial charge is 0.179 e. The van der Waals surface area contributed by atoms with Crippen LogP contribution in [0.5, 0.6) is 5.75 Å². The third-order valence-electron chi connectivity index (χ3n) is 2.59. The first-order valence-electron chi connectivity index (χ1n) is 6.30. The summed E-state index contributed by atoms with van der Waals surface area (Å²) >= 11 is 0. The molecule has 0 spiro atoms. The van der Waals surface area contributed by atoms with E-state index in [1.165, 1.54) is 0 Å². The molecule has 3 nitrogen and oxygen atoms in total. The third-order valence-corrected chi connectivity index (χ3v) is 2.59. The molecule has 0 fully saturated rings. The second-order valence-corrected chi connectivity index (χ2v) is 4.55. The van der Waals surface area contributed by atoms with Crippen LogP contribution in [0.4, 0.5) is 0 Å². The lowest BCUT2D eigenvalue weighted by molar-refractivity contribution is 0.0953. The maximum absolute atomic E-state index is 12.1. The highest BCUT2D eigenvalue weighted by Gasteiger charge is 2.13. The highest BCUT2D eigenvalue weighted by Crippen LogP contribution is 2.14. The second-order valence-electron chi connectivity index (χ2n) is 4.55. The quantitative estimate of drug-likeness (QED) is 0.576. The van der Waals surface area contributed by atoms with Crippen LogP contribution in [0, 0.1) is 0 Å². The van der Waals surface area contributed by atoms with Crippen LogP contribution in [0.25, 0.3) is 0 Å². The average Bonchev–Trinajstić information content (AvgIpc) is 2.42. The topological polar surface area (TPSA) is 38.3 Å². The molecule has 1 rings (SSSR count). The van der Waals surface area contributed by atoms with Crippen LogP contribution in [0.3, 0.4) is 0 Å². The summed E-state index contributed by atoms with van der Waals surface area (Å²) in [6, 6.07) is 6.94. The third kappa shape index (κ3) is 5.10. The number of Topliss-reactive ketones (excluding diaryl/α,β-unsaturated/α-hetero) is 1. The van der Waals surface area contributed by atoms with Gasteiger partial charge in [-0.15, -0.1) is 6.58 Å². The molecule has 3 heteroatoms. The number of ketones is 1. The second kappa shape index (κ2) is 7.54. The fourth-order valence-electron chi connectivity index (χ4n) is 1.52. The van der Waals surface area contributed by atoms with Gasteiger partial charge in [-0.1, -0.05) is 12.7 Å². The van der Waals surface area contributed by atoms with Crippen molar-refractivity contribution >= 4 is 5.78 Å². The maximum Gasteiger partial charge on any atom is 0.179 e. The Hall–Kier alpha value is -1.87. The fourth-order valence-corrected chi connectivity index (χ4v) is 1.52. The molecular weight excluding hydrogens is 238 g/mol. The van der Waals surface area contributed by atoms with Crippen molar-refractivity contribution in [1.29, 1.82) is 0 Å². The number of nitrogens with one attached hydrogen (secondary N) is 1. The largest absolute Gasteiger partial charge is 0.489 e. The Bertz CT molecular complexity index is 448. The Morgan fingerprint density at radius 2 is 2.05 bits per heavy atom. The number of carbonyl (C=O) groups is 1. The van der Waals surface area contributed by atoms with Gasteiger partial charge in [-0.25, -0.2) is 0 Å².